The molecule has 1 aliphatic rings. The molecule has 0 saturated carbocycles. The van der Waals surface area contributed by atoms with Crippen molar-refractivity contribution in [2.75, 3.05) is 11.9 Å². The van der Waals surface area contributed by atoms with Crippen LogP contribution in [-0.2, 0) is 27.1 Å². The Labute approximate surface area is 182 Å². The van der Waals surface area contributed by atoms with Gasteiger partial charge in [0.15, 0.2) is 6.10 Å². The topological polar surface area (TPSA) is 125 Å². The lowest BCUT2D eigenvalue weighted by Gasteiger charge is -2.14. The molecule has 0 spiro atoms. The molecule has 0 radical (unpaired) electrons. The number of hydrogen-bond acceptors (Lipinski definition) is 8. The number of rotatable bonds is 7. The van der Waals surface area contributed by atoms with Gasteiger partial charge in [0.05, 0.1) is 17.1 Å². The van der Waals surface area contributed by atoms with E-state index in [0.717, 1.165) is 36.1 Å². The van der Waals surface area contributed by atoms with Gasteiger partial charge in [-0.2, -0.15) is 0 Å². The molecule has 9 nitrogen and oxygen atoms in total. The minimum Gasteiger partial charge on any atom is -0.462 e. The van der Waals surface area contributed by atoms with Crippen molar-refractivity contribution < 1.29 is 28.8 Å². The van der Waals surface area contributed by atoms with Crippen molar-refractivity contribution in [1.82, 2.24) is 0 Å². The van der Waals surface area contributed by atoms with E-state index in [9.17, 15) is 24.5 Å². The highest BCUT2D eigenvalue weighted by Gasteiger charge is 2.30. The van der Waals surface area contributed by atoms with E-state index in [2.05, 4.69) is 5.32 Å². The number of hydrogen-bond donors (Lipinski definition) is 1. The highest BCUT2D eigenvalue weighted by atomic mass is 32.1. The van der Waals surface area contributed by atoms with Crippen molar-refractivity contribution in [1.29, 1.82) is 0 Å². The Hall–Kier alpha value is -3.27. The van der Waals surface area contributed by atoms with Crippen molar-refractivity contribution in [3.05, 3.63) is 55.9 Å². The fourth-order valence-electron chi connectivity index (χ4n) is 3.37. The number of nitro groups is 1. The first-order valence-corrected chi connectivity index (χ1v) is 10.7. The zero-order chi connectivity index (χ0) is 22.5. The monoisotopic (exact) mass is 446 g/mol. The molecule has 0 bridgehead atoms. The number of nitrogens with one attached hydrogen (secondary N) is 1. The molecule has 10 heteroatoms. The van der Waals surface area contributed by atoms with Gasteiger partial charge in [0.25, 0.3) is 11.6 Å². The number of nitro benzene ring substituents is 1. The number of ether oxygens (including phenoxy) is 2. The minimum absolute atomic E-state index is 0.209. The number of aryl methyl sites for hydroxylation is 1. The summed E-state index contributed by atoms with van der Waals surface area (Å²) in [6.07, 6.45) is 2.28. The van der Waals surface area contributed by atoms with Gasteiger partial charge in [0, 0.05) is 10.9 Å². The molecule has 1 amide bonds. The molecular weight excluding hydrogens is 424 g/mol. The molecule has 0 aliphatic heterocycles. The lowest BCUT2D eigenvalue weighted by molar-refractivity contribution is -0.385. The van der Waals surface area contributed by atoms with Crippen LogP contribution in [0.15, 0.2) is 24.3 Å². The van der Waals surface area contributed by atoms with E-state index >= 15 is 0 Å². The highest BCUT2D eigenvalue weighted by molar-refractivity contribution is 7.17. The summed E-state index contributed by atoms with van der Waals surface area (Å²) in [5.41, 5.74) is 0.600. The fourth-order valence-corrected chi connectivity index (χ4v) is 4.65. The summed E-state index contributed by atoms with van der Waals surface area (Å²) >= 11 is 1.32. The van der Waals surface area contributed by atoms with E-state index < -0.39 is 34.6 Å². The van der Waals surface area contributed by atoms with Crippen LogP contribution in [0.2, 0.25) is 0 Å². The third kappa shape index (κ3) is 4.91. The number of anilines is 1. The van der Waals surface area contributed by atoms with Crippen LogP contribution < -0.4 is 5.32 Å². The van der Waals surface area contributed by atoms with Gasteiger partial charge >= 0.3 is 11.9 Å². The molecule has 1 aliphatic carbocycles. The van der Waals surface area contributed by atoms with Crippen LogP contribution in [0.1, 0.15) is 57.8 Å². The van der Waals surface area contributed by atoms with E-state index in [1.807, 2.05) is 0 Å². The van der Waals surface area contributed by atoms with Crippen LogP contribution in [0.4, 0.5) is 10.7 Å². The third-order valence-electron chi connectivity index (χ3n) is 4.86. The molecule has 2 aromatic rings. The van der Waals surface area contributed by atoms with Gasteiger partial charge in [0.1, 0.15) is 10.6 Å². The minimum atomic E-state index is -1.23. The van der Waals surface area contributed by atoms with E-state index in [-0.39, 0.29) is 12.2 Å². The molecule has 3 rings (SSSR count). The van der Waals surface area contributed by atoms with E-state index in [4.69, 9.17) is 9.47 Å². The number of benzene rings is 1. The average molecular weight is 446 g/mol. The lowest BCUT2D eigenvalue weighted by atomic mass is 9.95. The number of fused-ring (bicyclic) bond motifs is 1. The number of esters is 2. The van der Waals surface area contributed by atoms with Gasteiger partial charge in [-0.15, -0.1) is 11.3 Å². The number of carbonyl (C=O) groups is 3. The van der Waals surface area contributed by atoms with Gasteiger partial charge in [-0.05, 0) is 51.2 Å². The Morgan fingerprint density at radius 2 is 1.90 bits per heavy atom. The molecule has 1 aromatic carbocycles. The van der Waals surface area contributed by atoms with Crippen molar-refractivity contribution in [2.45, 2.75) is 45.6 Å². The third-order valence-corrected chi connectivity index (χ3v) is 6.07. The molecule has 1 unspecified atom stereocenters. The Morgan fingerprint density at radius 1 is 1.19 bits per heavy atom. The summed E-state index contributed by atoms with van der Waals surface area (Å²) in [6, 6.07) is 5.34. The second-order valence-corrected chi connectivity index (χ2v) is 8.05. The van der Waals surface area contributed by atoms with Crippen LogP contribution in [0, 0.1) is 10.1 Å². The standard InChI is InChI=1S/C21H22N2O7S/c1-3-29-21(26)17-14-9-5-7-11-16(14)31-19(17)22-18(24)12(2)30-20(25)13-8-4-6-10-15(13)23(27)28/h4,6,8,10,12H,3,5,7,9,11H2,1-2H3,(H,22,24). The van der Waals surface area contributed by atoms with Gasteiger partial charge in [-0.3, -0.25) is 14.9 Å². The van der Waals surface area contributed by atoms with Crippen molar-refractivity contribution in [2.24, 2.45) is 0 Å². The Kier molecular flexibility index (Phi) is 7.01. The predicted octanol–water partition coefficient (Wildman–Crippen LogP) is 3.90. The largest absolute Gasteiger partial charge is 0.462 e. The Balaban J connectivity index is 1.77. The quantitative estimate of drug-likeness (QED) is 0.388. The van der Waals surface area contributed by atoms with Gasteiger partial charge < -0.3 is 14.8 Å². The lowest BCUT2D eigenvalue weighted by Crippen LogP contribution is -2.30. The molecule has 1 N–H and O–H groups in total. The zero-order valence-electron chi connectivity index (χ0n) is 17.1. The molecule has 0 fully saturated rings. The average Bonchev–Trinajstić information content (AvgIpc) is 3.11. The molecule has 1 atom stereocenters. The first-order valence-electron chi connectivity index (χ1n) is 9.90. The zero-order valence-corrected chi connectivity index (χ0v) is 18.0. The maximum absolute atomic E-state index is 12.7. The molecular formula is C21H22N2O7S. The molecule has 164 valence electrons. The van der Waals surface area contributed by atoms with Crippen LogP contribution in [0.5, 0.6) is 0 Å². The summed E-state index contributed by atoms with van der Waals surface area (Å²) < 4.78 is 10.3. The SMILES string of the molecule is CCOC(=O)c1c(NC(=O)C(C)OC(=O)c2ccccc2[N+](=O)[O-])sc2c1CCCC2. The van der Waals surface area contributed by atoms with E-state index in [1.54, 1.807) is 6.92 Å². The first kappa shape index (κ1) is 22.4. The number of nitrogens with zero attached hydrogens (tertiary/aromatic N) is 1. The van der Waals surface area contributed by atoms with Gasteiger partial charge in [-0.25, -0.2) is 9.59 Å². The second kappa shape index (κ2) is 9.69. The number of thiophene rings is 1. The molecule has 1 heterocycles. The fraction of sp³-hybridized carbons (Fsp3) is 0.381. The highest BCUT2D eigenvalue weighted by Crippen LogP contribution is 2.38. The summed E-state index contributed by atoms with van der Waals surface area (Å²) in [7, 11) is 0. The smallest absolute Gasteiger partial charge is 0.345 e. The van der Waals surface area contributed by atoms with Gasteiger partial charge in [-0.1, -0.05) is 12.1 Å². The Bertz CT molecular complexity index is 1030. The van der Waals surface area contributed by atoms with Crippen molar-refractivity contribution in [3.8, 4) is 0 Å². The Morgan fingerprint density at radius 3 is 2.61 bits per heavy atom. The maximum atomic E-state index is 12.7. The van der Waals surface area contributed by atoms with E-state index in [1.165, 1.54) is 42.5 Å². The summed E-state index contributed by atoms with van der Waals surface area (Å²) in [6.45, 7) is 3.28. The number of carbonyl (C=O) groups excluding carboxylic acids is 3. The van der Waals surface area contributed by atoms with Crippen molar-refractivity contribution in [3.63, 3.8) is 0 Å². The molecule has 0 saturated heterocycles. The molecule has 31 heavy (non-hydrogen) atoms. The summed E-state index contributed by atoms with van der Waals surface area (Å²) in [4.78, 5) is 49.0. The van der Waals surface area contributed by atoms with Gasteiger partial charge in [0.2, 0.25) is 0 Å². The normalized spacial score (nSPS) is 13.6. The maximum Gasteiger partial charge on any atom is 0.345 e. The van der Waals surface area contributed by atoms with Crippen molar-refractivity contribution >= 4 is 39.9 Å². The molecule has 1 aromatic heterocycles. The van der Waals surface area contributed by atoms with Crippen LogP contribution >= 0.6 is 11.3 Å². The van der Waals surface area contributed by atoms with Crippen LogP contribution in [0.25, 0.3) is 0 Å². The number of para-hydroxylation sites is 1. The van der Waals surface area contributed by atoms with Crippen LogP contribution in [-0.4, -0.2) is 35.5 Å². The first-order chi connectivity index (χ1) is 14.8. The predicted molar refractivity (Wildman–Crippen MR) is 114 cm³/mol. The van der Waals surface area contributed by atoms with E-state index in [0.29, 0.717) is 10.6 Å². The summed E-state index contributed by atoms with van der Waals surface area (Å²) in [5.74, 6) is -2.12. The second-order valence-electron chi connectivity index (χ2n) is 6.95. The van der Waals surface area contributed by atoms with Crippen LogP contribution in [0.3, 0.4) is 0 Å². The summed E-state index contributed by atoms with van der Waals surface area (Å²) in [5, 5.41) is 14.1. The number of amides is 1.